The predicted molar refractivity (Wildman–Crippen MR) is 102 cm³/mol. The number of likely N-dealkylation sites (N-methyl/N-ethyl adjacent to an activating group) is 1. The normalized spacial score (nSPS) is 11.5. The average molecular weight is 356 g/mol. The van der Waals surface area contributed by atoms with Crippen molar-refractivity contribution in [3.63, 3.8) is 0 Å². The van der Waals surface area contributed by atoms with Gasteiger partial charge in [0.25, 0.3) is 11.8 Å². The monoisotopic (exact) mass is 356 g/mol. The lowest BCUT2D eigenvalue weighted by molar-refractivity contribution is -0.885. The Labute approximate surface area is 154 Å². The Hall–Kier alpha value is -2.86. The maximum Gasteiger partial charge on any atom is 0.279 e. The fraction of sp³-hybridized carbons (Fsp3) is 0.300. The molecule has 0 aliphatic carbocycles. The molecule has 0 saturated heterocycles. The molecule has 26 heavy (non-hydrogen) atoms. The number of carbonyl (C=O) groups is 2. The minimum Gasteiger partial charge on any atom is -0.495 e. The van der Waals surface area contributed by atoms with Crippen molar-refractivity contribution < 1.29 is 19.2 Å². The van der Waals surface area contributed by atoms with Crippen molar-refractivity contribution in [3.05, 3.63) is 59.2 Å². The van der Waals surface area contributed by atoms with Crippen LogP contribution >= 0.6 is 0 Å². The lowest BCUT2D eigenvalue weighted by atomic mass is 10.1. The fourth-order valence-corrected chi connectivity index (χ4v) is 2.72. The van der Waals surface area contributed by atoms with E-state index in [-0.39, 0.29) is 11.8 Å². The van der Waals surface area contributed by atoms with Crippen LogP contribution in [-0.2, 0) is 11.3 Å². The maximum absolute atomic E-state index is 12.3. The standard InChI is InChI=1S/C20H25N3O3/c1-14-5-10-18(26-4)17(11-14)22-19(24)13-23(3)12-15-6-8-16(9-7-15)20(25)21-2/h5-11H,12-13H2,1-4H3,(H,21,25)(H,22,24)/p+1. The molecule has 0 aliphatic rings. The number of amides is 2. The third-order valence-electron chi connectivity index (χ3n) is 4.04. The van der Waals surface area contributed by atoms with Gasteiger partial charge in [0, 0.05) is 18.2 Å². The molecular formula is C20H26N3O3+. The number of aryl methyl sites for hydroxylation is 1. The zero-order valence-electron chi connectivity index (χ0n) is 15.7. The van der Waals surface area contributed by atoms with E-state index in [1.807, 2.05) is 44.3 Å². The molecule has 2 rings (SSSR count). The van der Waals surface area contributed by atoms with E-state index < -0.39 is 0 Å². The molecular weight excluding hydrogens is 330 g/mol. The summed E-state index contributed by atoms with van der Waals surface area (Å²) in [6, 6.07) is 13.1. The van der Waals surface area contributed by atoms with Gasteiger partial charge in [-0.1, -0.05) is 18.2 Å². The minimum atomic E-state index is -0.108. The van der Waals surface area contributed by atoms with Crippen molar-refractivity contribution in [2.45, 2.75) is 13.5 Å². The second kappa shape index (κ2) is 9.01. The van der Waals surface area contributed by atoms with Crippen LogP contribution in [-0.4, -0.2) is 39.6 Å². The second-order valence-corrected chi connectivity index (χ2v) is 6.34. The van der Waals surface area contributed by atoms with E-state index in [0.29, 0.717) is 30.1 Å². The Morgan fingerprint density at radius 1 is 1.12 bits per heavy atom. The van der Waals surface area contributed by atoms with E-state index in [4.69, 9.17) is 4.74 Å². The van der Waals surface area contributed by atoms with Gasteiger partial charge in [-0.25, -0.2) is 0 Å². The Bertz CT molecular complexity index is 772. The van der Waals surface area contributed by atoms with Crippen LogP contribution in [0.15, 0.2) is 42.5 Å². The van der Waals surface area contributed by atoms with Gasteiger partial charge in [-0.05, 0) is 36.8 Å². The second-order valence-electron chi connectivity index (χ2n) is 6.34. The highest BCUT2D eigenvalue weighted by Gasteiger charge is 2.13. The molecule has 6 heteroatoms. The van der Waals surface area contributed by atoms with Crippen molar-refractivity contribution in [1.82, 2.24) is 5.32 Å². The predicted octanol–water partition coefficient (Wildman–Crippen LogP) is 1.02. The highest BCUT2D eigenvalue weighted by molar-refractivity contribution is 5.94. The number of anilines is 1. The fourth-order valence-electron chi connectivity index (χ4n) is 2.72. The third kappa shape index (κ3) is 5.32. The SMILES string of the molecule is CNC(=O)c1ccc(C[NH+](C)CC(=O)Nc2cc(C)ccc2OC)cc1. The van der Waals surface area contributed by atoms with E-state index >= 15 is 0 Å². The van der Waals surface area contributed by atoms with Crippen LogP contribution < -0.4 is 20.3 Å². The number of rotatable bonds is 7. The molecule has 2 aromatic carbocycles. The number of methoxy groups -OCH3 is 1. The summed E-state index contributed by atoms with van der Waals surface area (Å²) in [7, 11) is 5.15. The molecule has 0 bridgehead atoms. The van der Waals surface area contributed by atoms with E-state index in [2.05, 4.69) is 10.6 Å². The van der Waals surface area contributed by atoms with Gasteiger partial charge in [-0.15, -0.1) is 0 Å². The molecule has 0 aliphatic heterocycles. The number of quaternary nitrogens is 1. The van der Waals surface area contributed by atoms with Crippen LogP contribution in [0.5, 0.6) is 5.75 Å². The van der Waals surface area contributed by atoms with Crippen LogP contribution in [0.1, 0.15) is 21.5 Å². The first-order chi connectivity index (χ1) is 12.4. The number of ether oxygens (including phenoxy) is 1. The van der Waals surface area contributed by atoms with E-state index in [1.165, 1.54) is 0 Å². The summed E-state index contributed by atoms with van der Waals surface area (Å²) in [5.41, 5.74) is 3.42. The molecule has 2 aromatic rings. The lowest BCUT2D eigenvalue weighted by Gasteiger charge is -2.15. The summed E-state index contributed by atoms with van der Waals surface area (Å²) in [5.74, 6) is 0.462. The first-order valence-corrected chi connectivity index (χ1v) is 8.49. The number of hydrogen-bond donors (Lipinski definition) is 3. The smallest absolute Gasteiger partial charge is 0.279 e. The van der Waals surface area contributed by atoms with Crippen molar-refractivity contribution >= 4 is 17.5 Å². The summed E-state index contributed by atoms with van der Waals surface area (Å²) in [4.78, 5) is 24.9. The highest BCUT2D eigenvalue weighted by atomic mass is 16.5. The van der Waals surface area contributed by atoms with Gasteiger partial charge in [-0.2, -0.15) is 0 Å². The Kier molecular flexibility index (Phi) is 6.74. The van der Waals surface area contributed by atoms with Gasteiger partial charge in [-0.3, -0.25) is 9.59 Å². The van der Waals surface area contributed by atoms with Crippen molar-refractivity contribution in [2.24, 2.45) is 0 Å². The molecule has 0 radical (unpaired) electrons. The van der Waals surface area contributed by atoms with Gasteiger partial charge in [0.1, 0.15) is 12.3 Å². The summed E-state index contributed by atoms with van der Waals surface area (Å²) in [5, 5.41) is 5.51. The van der Waals surface area contributed by atoms with Crippen molar-refractivity contribution in [1.29, 1.82) is 0 Å². The van der Waals surface area contributed by atoms with Gasteiger partial charge in [0.2, 0.25) is 0 Å². The quantitative estimate of drug-likeness (QED) is 0.694. The first-order valence-electron chi connectivity index (χ1n) is 8.49. The average Bonchev–Trinajstić information content (AvgIpc) is 2.61. The number of nitrogens with one attached hydrogen (secondary N) is 3. The zero-order valence-corrected chi connectivity index (χ0v) is 15.7. The largest absolute Gasteiger partial charge is 0.495 e. The third-order valence-corrected chi connectivity index (χ3v) is 4.04. The summed E-state index contributed by atoms with van der Waals surface area (Å²) >= 11 is 0. The molecule has 6 nitrogen and oxygen atoms in total. The number of carbonyl (C=O) groups excluding carboxylic acids is 2. The summed E-state index contributed by atoms with van der Waals surface area (Å²) in [6.07, 6.45) is 0. The van der Waals surface area contributed by atoms with Crippen LogP contribution in [0.2, 0.25) is 0 Å². The van der Waals surface area contributed by atoms with E-state index in [0.717, 1.165) is 16.0 Å². The van der Waals surface area contributed by atoms with Crippen LogP contribution in [0.4, 0.5) is 5.69 Å². The van der Waals surface area contributed by atoms with Crippen LogP contribution in [0.3, 0.4) is 0 Å². The lowest BCUT2D eigenvalue weighted by Crippen LogP contribution is -3.08. The molecule has 0 spiro atoms. The molecule has 138 valence electrons. The molecule has 0 saturated carbocycles. The molecule has 3 N–H and O–H groups in total. The van der Waals surface area contributed by atoms with E-state index in [1.54, 1.807) is 26.3 Å². The van der Waals surface area contributed by atoms with Crippen molar-refractivity contribution in [2.75, 3.05) is 33.1 Å². The molecule has 0 fully saturated rings. The summed E-state index contributed by atoms with van der Waals surface area (Å²) < 4.78 is 5.29. The topological polar surface area (TPSA) is 71.9 Å². The minimum absolute atomic E-state index is 0.0756. The molecule has 2 amide bonds. The first kappa shape index (κ1) is 19.5. The molecule has 0 heterocycles. The zero-order chi connectivity index (χ0) is 19.1. The Morgan fingerprint density at radius 2 is 1.81 bits per heavy atom. The van der Waals surface area contributed by atoms with Gasteiger partial charge in [0.05, 0.1) is 19.8 Å². The maximum atomic E-state index is 12.3. The van der Waals surface area contributed by atoms with Gasteiger partial charge in [0.15, 0.2) is 6.54 Å². The van der Waals surface area contributed by atoms with Gasteiger partial charge < -0.3 is 20.3 Å². The molecule has 0 aromatic heterocycles. The molecule has 1 atom stereocenters. The molecule has 1 unspecified atom stereocenters. The summed E-state index contributed by atoms with van der Waals surface area (Å²) in [6.45, 7) is 2.98. The number of hydrogen-bond acceptors (Lipinski definition) is 3. The van der Waals surface area contributed by atoms with Crippen molar-refractivity contribution in [3.8, 4) is 5.75 Å². The van der Waals surface area contributed by atoms with Gasteiger partial charge >= 0.3 is 0 Å². The Balaban J connectivity index is 1.93. The van der Waals surface area contributed by atoms with Crippen LogP contribution in [0, 0.1) is 6.92 Å². The van der Waals surface area contributed by atoms with E-state index in [9.17, 15) is 9.59 Å². The van der Waals surface area contributed by atoms with Crippen LogP contribution in [0.25, 0.3) is 0 Å². The number of benzene rings is 2. The Morgan fingerprint density at radius 3 is 2.42 bits per heavy atom. The highest BCUT2D eigenvalue weighted by Crippen LogP contribution is 2.24.